The van der Waals surface area contributed by atoms with Crippen molar-refractivity contribution < 1.29 is 9.59 Å². The second-order valence-corrected chi connectivity index (χ2v) is 4.10. The van der Waals surface area contributed by atoms with Crippen LogP contribution in [-0.4, -0.2) is 47.8 Å². The van der Waals surface area contributed by atoms with Crippen molar-refractivity contribution in [1.82, 2.24) is 9.80 Å². The maximum absolute atomic E-state index is 12.3. The molecule has 0 saturated carbocycles. The molecule has 104 valence electrons. The van der Waals surface area contributed by atoms with E-state index >= 15 is 0 Å². The molecule has 0 aromatic rings. The fraction of sp³-hybridized carbons (Fsp3) is 0.714. The molecule has 4 nitrogen and oxygen atoms in total. The molecule has 0 fully saturated rings. The van der Waals surface area contributed by atoms with E-state index in [4.69, 9.17) is 0 Å². The van der Waals surface area contributed by atoms with Gasteiger partial charge in [-0.15, -0.1) is 6.58 Å². The fourth-order valence-corrected chi connectivity index (χ4v) is 1.99. The molecule has 0 aliphatic carbocycles. The summed E-state index contributed by atoms with van der Waals surface area (Å²) in [5.41, 5.74) is 0. The molecule has 4 heteroatoms. The monoisotopic (exact) mass is 254 g/mol. The summed E-state index contributed by atoms with van der Waals surface area (Å²) in [7, 11) is 0. The molecule has 0 rings (SSSR count). The summed E-state index contributed by atoms with van der Waals surface area (Å²) in [4.78, 5) is 28.0. The fourth-order valence-electron chi connectivity index (χ4n) is 1.99. The van der Waals surface area contributed by atoms with Crippen molar-refractivity contribution in [3.63, 3.8) is 0 Å². The first-order chi connectivity index (χ1) is 8.56. The van der Waals surface area contributed by atoms with Gasteiger partial charge in [-0.1, -0.05) is 6.08 Å². The number of carbonyl (C=O) groups excluding carboxylic acids is 2. The Hall–Kier alpha value is -1.32. The van der Waals surface area contributed by atoms with Gasteiger partial charge in [-0.05, 0) is 34.1 Å². The third-order valence-corrected chi connectivity index (χ3v) is 3.15. The van der Waals surface area contributed by atoms with Crippen molar-refractivity contribution in [2.75, 3.05) is 26.2 Å². The van der Waals surface area contributed by atoms with Crippen molar-refractivity contribution in [2.45, 2.75) is 34.1 Å². The predicted molar refractivity (Wildman–Crippen MR) is 74.2 cm³/mol. The normalized spacial score (nSPS) is 10.3. The Balaban J connectivity index is 4.99. The van der Waals surface area contributed by atoms with E-state index in [-0.39, 0.29) is 11.8 Å². The van der Waals surface area contributed by atoms with Crippen LogP contribution >= 0.6 is 0 Å². The van der Waals surface area contributed by atoms with Crippen molar-refractivity contribution in [2.24, 2.45) is 5.92 Å². The van der Waals surface area contributed by atoms with Crippen LogP contribution in [0, 0.1) is 5.92 Å². The summed E-state index contributed by atoms with van der Waals surface area (Å²) in [5, 5.41) is 0. The van der Waals surface area contributed by atoms with E-state index in [0.717, 1.165) is 0 Å². The Bertz CT molecular complexity index is 258. The molecule has 18 heavy (non-hydrogen) atoms. The van der Waals surface area contributed by atoms with Gasteiger partial charge in [0.2, 0.25) is 11.8 Å². The summed E-state index contributed by atoms with van der Waals surface area (Å²) >= 11 is 0. The molecule has 0 unspecified atom stereocenters. The van der Waals surface area contributed by atoms with Gasteiger partial charge in [0.15, 0.2) is 0 Å². The van der Waals surface area contributed by atoms with Crippen molar-refractivity contribution in [3.8, 4) is 0 Å². The number of nitrogens with zero attached hydrogens (tertiary/aromatic N) is 2. The highest BCUT2D eigenvalue weighted by Gasteiger charge is 2.30. The molecule has 0 aliphatic rings. The lowest BCUT2D eigenvalue weighted by molar-refractivity contribution is -0.146. The molecule has 0 aromatic heterocycles. The zero-order chi connectivity index (χ0) is 14.1. The van der Waals surface area contributed by atoms with Crippen LogP contribution in [0.2, 0.25) is 0 Å². The van der Waals surface area contributed by atoms with E-state index < -0.39 is 5.92 Å². The lowest BCUT2D eigenvalue weighted by atomic mass is 10.0. The van der Waals surface area contributed by atoms with Crippen LogP contribution in [0.4, 0.5) is 0 Å². The number of rotatable bonds is 8. The summed E-state index contributed by atoms with van der Waals surface area (Å²) in [6.45, 7) is 13.9. The van der Waals surface area contributed by atoms with Crippen molar-refractivity contribution >= 4 is 11.8 Å². The maximum Gasteiger partial charge on any atom is 0.235 e. The van der Waals surface area contributed by atoms with Gasteiger partial charge in [0.05, 0.1) is 0 Å². The topological polar surface area (TPSA) is 40.6 Å². The highest BCUT2D eigenvalue weighted by atomic mass is 16.2. The average molecular weight is 254 g/mol. The van der Waals surface area contributed by atoms with Crippen LogP contribution in [0.15, 0.2) is 12.7 Å². The van der Waals surface area contributed by atoms with Crippen LogP contribution in [0.1, 0.15) is 34.1 Å². The molecule has 0 radical (unpaired) electrons. The highest BCUT2D eigenvalue weighted by molar-refractivity contribution is 6.00. The van der Waals surface area contributed by atoms with Crippen LogP contribution in [0.25, 0.3) is 0 Å². The molecule has 0 aromatic carbocycles. The summed E-state index contributed by atoms with van der Waals surface area (Å²) in [5.74, 6) is -0.782. The first kappa shape index (κ1) is 16.7. The quantitative estimate of drug-likeness (QED) is 0.490. The minimum absolute atomic E-state index is 0.0863. The molecule has 0 atom stereocenters. The number of allylic oxidation sites excluding steroid dienone is 1. The lowest BCUT2D eigenvalue weighted by Gasteiger charge is -2.28. The standard InChI is InChI=1S/C14H26N2O2/c1-6-11-12(13(17)15(7-2)8-3)14(18)16(9-4)10-5/h6,12H,1,7-11H2,2-5H3. The van der Waals surface area contributed by atoms with E-state index in [0.29, 0.717) is 32.6 Å². The van der Waals surface area contributed by atoms with E-state index in [2.05, 4.69) is 6.58 Å². The second-order valence-electron chi connectivity index (χ2n) is 4.10. The van der Waals surface area contributed by atoms with Gasteiger partial charge in [-0.2, -0.15) is 0 Å². The van der Waals surface area contributed by atoms with E-state index in [1.54, 1.807) is 15.9 Å². The Kier molecular flexibility index (Phi) is 8.08. The smallest absolute Gasteiger partial charge is 0.235 e. The molecule has 0 N–H and O–H groups in total. The van der Waals surface area contributed by atoms with E-state index in [1.165, 1.54) is 0 Å². The molecular formula is C14H26N2O2. The minimum Gasteiger partial charge on any atom is -0.343 e. The minimum atomic E-state index is -0.609. The van der Waals surface area contributed by atoms with Gasteiger partial charge >= 0.3 is 0 Å². The van der Waals surface area contributed by atoms with Gasteiger partial charge < -0.3 is 9.80 Å². The molecule has 0 saturated heterocycles. The Morgan fingerprint density at radius 1 is 0.944 bits per heavy atom. The Morgan fingerprint density at radius 2 is 1.28 bits per heavy atom. The number of carbonyl (C=O) groups is 2. The zero-order valence-electron chi connectivity index (χ0n) is 12.1. The molecule has 0 heterocycles. The third kappa shape index (κ3) is 4.17. The summed E-state index contributed by atoms with van der Waals surface area (Å²) in [6.07, 6.45) is 2.05. The summed E-state index contributed by atoms with van der Waals surface area (Å²) < 4.78 is 0. The van der Waals surface area contributed by atoms with Gasteiger partial charge in [0.1, 0.15) is 5.92 Å². The van der Waals surface area contributed by atoms with Gasteiger partial charge in [0.25, 0.3) is 0 Å². The number of hydrogen-bond acceptors (Lipinski definition) is 2. The SMILES string of the molecule is C=CCC(C(=O)N(CC)CC)C(=O)N(CC)CC. The Morgan fingerprint density at radius 3 is 1.50 bits per heavy atom. The van der Waals surface area contributed by atoms with E-state index in [1.807, 2.05) is 27.7 Å². The highest BCUT2D eigenvalue weighted by Crippen LogP contribution is 2.13. The summed E-state index contributed by atoms with van der Waals surface area (Å²) in [6, 6.07) is 0. The number of hydrogen-bond donors (Lipinski definition) is 0. The number of amides is 2. The Labute approximate surface area is 111 Å². The van der Waals surface area contributed by atoms with Crippen molar-refractivity contribution in [1.29, 1.82) is 0 Å². The van der Waals surface area contributed by atoms with Crippen LogP contribution in [0.5, 0.6) is 0 Å². The van der Waals surface area contributed by atoms with Gasteiger partial charge in [-0.25, -0.2) is 0 Å². The van der Waals surface area contributed by atoms with Crippen LogP contribution in [-0.2, 0) is 9.59 Å². The van der Waals surface area contributed by atoms with E-state index in [9.17, 15) is 9.59 Å². The van der Waals surface area contributed by atoms with Crippen LogP contribution < -0.4 is 0 Å². The third-order valence-electron chi connectivity index (χ3n) is 3.15. The molecule has 2 amide bonds. The average Bonchev–Trinajstić information content (AvgIpc) is 2.38. The molecule has 0 spiro atoms. The van der Waals surface area contributed by atoms with Crippen LogP contribution in [0.3, 0.4) is 0 Å². The molecule has 0 bridgehead atoms. The first-order valence-electron chi connectivity index (χ1n) is 6.75. The van der Waals surface area contributed by atoms with Gasteiger partial charge in [0, 0.05) is 26.2 Å². The maximum atomic E-state index is 12.3. The first-order valence-corrected chi connectivity index (χ1v) is 6.75. The largest absolute Gasteiger partial charge is 0.343 e. The zero-order valence-corrected chi connectivity index (χ0v) is 12.1. The second kappa shape index (κ2) is 8.72. The van der Waals surface area contributed by atoms with Gasteiger partial charge in [-0.3, -0.25) is 9.59 Å². The molecular weight excluding hydrogens is 228 g/mol. The predicted octanol–water partition coefficient (Wildman–Crippen LogP) is 1.92. The molecule has 0 aliphatic heterocycles. The lowest BCUT2D eigenvalue weighted by Crippen LogP contribution is -2.45. The van der Waals surface area contributed by atoms with Crippen molar-refractivity contribution in [3.05, 3.63) is 12.7 Å².